The second kappa shape index (κ2) is 6.62. The van der Waals surface area contributed by atoms with Crippen LogP contribution in [0.1, 0.15) is 24.8 Å². The molecule has 132 valence electrons. The first kappa shape index (κ1) is 17.1. The first-order valence-corrected chi connectivity index (χ1v) is 8.27. The van der Waals surface area contributed by atoms with Gasteiger partial charge in [0.1, 0.15) is 6.04 Å². The average Bonchev–Trinajstić information content (AvgIpc) is 3.42. The molecule has 2 aliphatic rings. The van der Waals surface area contributed by atoms with E-state index in [0.29, 0.717) is 31.0 Å². The number of rotatable bonds is 3. The van der Waals surface area contributed by atoms with Gasteiger partial charge < -0.3 is 14.8 Å². The molecule has 1 aliphatic carbocycles. The van der Waals surface area contributed by atoms with Crippen LogP contribution in [0.3, 0.4) is 0 Å². The number of aryl methyl sites for hydroxylation is 1. The molecule has 2 N–H and O–H groups in total. The van der Waals surface area contributed by atoms with Crippen LogP contribution in [-0.2, 0) is 22.6 Å². The van der Waals surface area contributed by atoms with E-state index < -0.39 is 17.8 Å². The molecule has 1 aromatic heterocycles. The minimum Gasteiger partial charge on any atom is -0.338 e. The molecule has 3 rings (SSSR count). The molecule has 0 saturated heterocycles. The molecule has 0 spiro atoms. The highest BCUT2D eigenvalue weighted by Crippen LogP contribution is 2.31. The highest BCUT2D eigenvalue weighted by Gasteiger charge is 2.31. The predicted molar refractivity (Wildman–Crippen MR) is 94.4 cm³/mol. The maximum Gasteiger partial charge on any atom is 0.289 e. The summed E-state index contributed by atoms with van der Waals surface area (Å²) in [7, 11) is 1.59. The van der Waals surface area contributed by atoms with Crippen LogP contribution in [0.4, 0.5) is 5.69 Å². The number of carbonyl (C=O) groups is 2. The van der Waals surface area contributed by atoms with Crippen molar-refractivity contribution < 1.29 is 9.59 Å². The number of pyridine rings is 1. The highest BCUT2D eigenvalue weighted by atomic mass is 16.2. The SMILES string of the molecule is C=NC(=N)C(=O)N[C@H]1CCc2cn(CC3CC3)c(=O)cc2N(C)C1=O. The molecule has 8 nitrogen and oxygen atoms in total. The van der Waals surface area contributed by atoms with Gasteiger partial charge in [-0.25, -0.2) is 4.99 Å². The molecular weight excluding hydrogens is 322 g/mol. The summed E-state index contributed by atoms with van der Waals surface area (Å²) in [5, 5.41) is 9.90. The molecule has 1 fully saturated rings. The van der Waals surface area contributed by atoms with Gasteiger partial charge in [-0.3, -0.25) is 19.8 Å². The number of hydrogen-bond acceptors (Lipinski definition) is 4. The minimum absolute atomic E-state index is 0.120. The monoisotopic (exact) mass is 343 g/mol. The Hall–Kier alpha value is -2.77. The van der Waals surface area contributed by atoms with E-state index in [1.807, 2.05) is 6.20 Å². The lowest BCUT2D eigenvalue weighted by Crippen LogP contribution is -2.48. The summed E-state index contributed by atoms with van der Waals surface area (Å²) in [6, 6.07) is 0.728. The van der Waals surface area contributed by atoms with Gasteiger partial charge in [-0.2, -0.15) is 0 Å². The van der Waals surface area contributed by atoms with Crippen LogP contribution in [0.5, 0.6) is 0 Å². The van der Waals surface area contributed by atoms with Gasteiger partial charge in [0.15, 0.2) is 0 Å². The number of anilines is 1. The van der Waals surface area contributed by atoms with Gasteiger partial charge in [-0.1, -0.05) is 0 Å². The topological polar surface area (TPSA) is 108 Å². The quantitative estimate of drug-likeness (QED) is 0.610. The molecule has 2 amide bonds. The van der Waals surface area contributed by atoms with Crippen molar-refractivity contribution in [2.45, 2.75) is 38.3 Å². The van der Waals surface area contributed by atoms with Crippen molar-refractivity contribution in [3.8, 4) is 0 Å². The lowest BCUT2D eigenvalue weighted by atomic mass is 10.1. The lowest BCUT2D eigenvalue weighted by Gasteiger charge is -2.22. The number of fused-ring (bicyclic) bond motifs is 1. The third-order valence-corrected chi connectivity index (χ3v) is 4.71. The molecule has 1 atom stereocenters. The maximum atomic E-state index is 12.6. The zero-order valence-corrected chi connectivity index (χ0v) is 14.1. The summed E-state index contributed by atoms with van der Waals surface area (Å²) < 4.78 is 1.71. The van der Waals surface area contributed by atoms with Crippen LogP contribution in [-0.4, -0.2) is 42.0 Å². The zero-order chi connectivity index (χ0) is 18.1. The maximum absolute atomic E-state index is 12.6. The number of hydrogen-bond donors (Lipinski definition) is 2. The summed E-state index contributed by atoms with van der Waals surface area (Å²) in [5.74, 6) is -1.00. The number of likely N-dealkylation sites (N-methyl/N-ethyl adjacent to an activating group) is 1. The van der Waals surface area contributed by atoms with Gasteiger partial charge in [0, 0.05) is 25.9 Å². The Morgan fingerprint density at radius 2 is 2.12 bits per heavy atom. The second-order valence-electron chi connectivity index (χ2n) is 6.59. The highest BCUT2D eigenvalue weighted by molar-refractivity contribution is 6.38. The van der Waals surface area contributed by atoms with Crippen molar-refractivity contribution in [2.75, 3.05) is 11.9 Å². The number of amides is 2. The number of aromatic nitrogens is 1. The van der Waals surface area contributed by atoms with Crippen LogP contribution in [0.2, 0.25) is 0 Å². The smallest absolute Gasteiger partial charge is 0.289 e. The Balaban J connectivity index is 1.84. The normalized spacial score (nSPS) is 19.8. The molecule has 2 heterocycles. The van der Waals surface area contributed by atoms with E-state index in [9.17, 15) is 14.4 Å². The summed E-state index contributed by atoms with van der Waals surface area (Å²) in [4.78, 5) is 41.4. The molecule has 1 aliphatic heterocycles. The van der Waals surface area contributed by atoms with Crippen LogP contribution in [0, 0.1) is 11.3 Å². The molecule has 25 heavy (non-hydrogen) atoms. The molecular formula is C17H21N5O3. The van der Waals surface area contributed by atoms with E-state index in [2.05, 4.69) is 17.0 Å². The average molecular weight is 343 g/mol. The Morgan fingerprint density at radius 3 is 2.76 bits per heavy atom. The largest absolute Gasteiger partial charge is 0.338 e. The van der Waals surface area contributed by atoms with Crippen molar-refractivity contribution in [2.24, 2.45) is 10.9 Å². The van der Waals surface area contributed by atoms with Crippen LogP contribution < -0.4 is 15.8 Å². The Bertz CT molecular complexity index is 809. The summed E-state index contributed by atoms with van der Waals surface area (Å²) in [6.07, 6.45) is 5.08. The van der Waals surface area contributed by atoms with Gasteiger partial charge in [-0.15, -0.1) is 0 Å². The van der Waals surface area contributed by atoms with Gasteiger partial charge in [0.2, 0.25) is 11.7 Å². The van der Waals surface area contributed by atoms with E-state index in [1.165, 1.54) is 11.0 Å². The number of amidine groups is 1. The third kappa shape index (κ3) is 3.52. The fourth-order valence-corrected chi connectivity index (χ4v) is 3.04. The van der Waals surface area contributed by atoms with Crippen LogP contribution in [0.15, 0.2) is 22.1 Å². The fourth-order valence-electron chi connectivity index (χ4n) is 3.04. The van der Waals surface area contributed by atoms with Crippen molar-refractivity contribution in [1.82, 2.24) is 9.88 Å². The van der Waals surface area contributed by atoms with Gasteiger partial charge >= 0.3 is 0 Å². The standard InChI is InChI=1S/C17H21N5O3/c1-19-15(18)16(24)20-12-6-5-11-9-22(8-10-3-4-10)14(23)7-13(11)21(2)17(12)25/h7,9-10,12,18H,1,3-6,8H2,2H3,(H,20,24)/t12-/m0/s1. The van der Waals surface area contributed by atoms with E-state index in [0.717, 1.165) is 18.4 Å². The Labute approximate surface area is 145 Å². The van der Waals surface area contributed by atoms with Crippen molar-refractivity contribution >= 4 is 30.1 Å². The van der Waals surface area contributed by atoms with Crippen molar-refractivity contribution in [3.63, 3.8) is 0 Å². The Kier molecular flexibility index (Phi) is 4.52. The third-order valence-electron chi connectivity index (χ3n) is 4.71. The molecule has 1 aromatic rings. The van der Waals surface area contributed by atoms with E-state index in [1.54, 1.807) is 11.6 Å². The predicted octanol–water partition coefficient (Wildman–Crippen LogP) is 0.330. The van der Waals surface area contributed by atoms with Crippen LogP contribution >= 0.6 is 0 Å². The first-order chi connectivity index (χ1) is 11.9. The first-order valence-electron chi connectivity index (χ1n) is 8.27. The van der Waals surface area contributed by atoms with Gasteiger partial charge in [0.25, 0.3) is 11.5 Å². The fraction of sp³-hybridized carbons (Fsp3) is 0.471. The van der Waals surface area contributed by atoms with Gasteiger partial charge in [-0.05, 0) is 43.9 Å². The Morgan fingerprint density at radius 1 is 1.40 bits per heavy atom. The molecule has 0 unspecified atom stereocenters. The van der Waals surface area contributed by atoms with E-state index in [-0.39, 0.29) is 11.5 Å². The van der Waals surface area contributed by atoms with Gasteiger partial charge in [0.05, 0.1) is 5.69 Å². The summed E-state index contributed by atoms with van der Waals surface area (Å²) in [5.41, 5.74) is 1.37. The molecule has 8 heteroatoms. The van der Waals surface area contributed by atoms with Crippen molar-refractivity contribution in [1.29, 1.82) is 5.41 Å². The number of carbonyl (C=O) groups excluding carboxylic acids is 2. The number of nitrogens with one attached hydrogen (secondary N) is 2. The minimum atomic E-state index is -0.765. The molecule has 0 aromatic carbocycles. The van der Waals surface area contributed by atoms with Crippen LogP contribution in [0.25, 0.3) is 0 Å². The van der Waals surface area contributed by atoms with E-state index >= 15 is 0 Å². The second-order valence-corrected chi connectivity index (χ2v) is 6.59. The number of aliphatic imine (C=N–C) groups is 1. The van der Waals surface area contributed by atoms with E-state index in [4.69, 9.17) is 5.41 Å². The zero-order valence-electron chi connectivity index (χ0n) is 14.1. The summed E-state index contributed by atoms with van der Waals surface area (Å²) in [6.45, 7) is 3.85. The number of nitrogens with zero attached hydrogens (tertiary/aromatic N) is 3. The lowest BCUT2D eigenvalue weighted by molar-refractivity contribution is -0.124. The molecule has 0 radical (unpaired) electrons. The van der Waals surface area contributed by atoms with Crippen molar-refractivity contribution in [3.05, 3.63) is 28.2 Å². The summed E-state index contributed by atoms with van der Waals surface area (Å²) >= 11 is 0. The molecule has 0 bridgehead atoms. The molecule has 1 saturated carbocycles.